The highest BCUT2D eigenvalue weighted by molar-refractivity contribution is 5.90. The Labute approximate surface area is 280 Å². The summed E-state index contributed by atoms with van der Waals surface area (Å²) in [5.41, 5.74) is 7.77. The Bertz CT molecular complexity index is 1480. The Balaban J connectivity index is 1.18. The number of benzene rings is 2. The molecule has 2 aromatic rings. The second-order valence-corrected chi connectivity index (χ2v) is 11.9. The number of esters is 1. The molecule has 0 aliphatic carbocycles. The number of fused-ring (bicyclic) bond motifs is 6. The molecule has 0 radical (unpaired) electrons. The molecule has 0 aromatic heterocycles. The summed E-state index contributed by atoms with van der Waals surface area (Å²) in [7, 11) is 1.73. The number of rotatable bonds is 16. The molecule has 0 unspecified atom stereocenters. The lowest BCUT2D eigenvalue weighted by molar-refractivity contribution is -0.375. The fraction of sp³-hybridized carbons (Fsp3) is 0.562. The molecule has 1 fully saturated rings. The van der Waals surface area contributed by atoms with Gasteiger partial charge in [0.1, 0.15) is 48.9 Å². The monoisotopic (exact) mass is 692 g/mol. The Hall–Kier alpha value is -3.94. The molecule has 4 aliphatic heterocycles. The minimum absolute atomic E-state index is 0.0176. The zero-order chi connectivity index (χ0) is 34.5. The number of likely N-dealkylation sites (N-methyl/N-ethyl adjacent to an activating group) is 1. The lowest BCUT2D eigenvalue weighted by Gasteiger charge is -2.43. The molecule has 8 atom stereocenters. The first kappa shape index (κ1) is 34.9. The van der Waals surface area contributed by atoms with Crippen LogP contribution in [0.4, 0.5) is 0 Å². The molecule has 0 spiro atoms. The molecule has 6 rings (SSSR count). The van der Waals surface area contributed by atoms with Gasteiger partial charge in [0, 0.05) is 43.0 Å². The van der Waals surface area contributed by atoms with E-state index in [0.717, 1.165) is 11.1 Å². The Morgan fingerprint density at radius 2 is 1.86 bits per heavy atom. The van der Waals surface area contributed by atoms with Crippen LogP contribution >= 0.6 is 0 Å². The van der Waals surface area contributed by atoms with Crippen LogP contribution in [0, 0.1) is 0 Å². The van der Waals surface area contributed by atoms with Gasteiger partial charge >= 0.3 is 11.9 Å². The summed E-state index contributed by atoms with van der Waals surface area (Å²) >= 11 is 0. The van der Waals surface area contributed by atoms with E-state index in [1.807, 2.05) is 12.1 Å². The Morgan fingerprint density at radius 3 is 2.63 bits per heavy atom. The van der Waals surface area contributed by atoms with Crippen LogP contribution in [0.1, 0.15) is 36.0 Å². The van der Waals surface area contributed by atoms with E-state index in [-0.39, 0.29) is 50.8 Å². The molecule has 49 heavy (non-hydrogen) atoms. The van der Waals surface area contributed by atoms with E-state index in [4.69, 9.17) is 58.5 Å². The number of aliphatic hydroxyl groups excluding tert-OH is 2. The molecule has 0 saturated carbocycles. The van der Waals surface area contributed by atoms with Gasteiger partial charge in [0.15, 0.2) is 29.6 Å². The third-order valence-corrected chi connectivity index (χ3v) is 8.36. The van der Waals surface area contributed by atoms with Gasteiger partial charge in [-0.15, -0.1) is 0 Å². The van der Waals surface area contributed by atoms with Crippen LogP contribution in [0.2, 0.25) is 0 Å². The van der Waals surface area contributed by atoms with Crippen LogP contribution < -0.4 is 34.9 Å². The van der Waals surface area contributed by atoms with Crippen LogP contribution in [-0.2, 0) is 33.4 Å². The SMILES string of the molecule is CNC[C@H](N)CO[C@@H]1O[C@H](COC(=O)CC(=O)O)[C@@H](OCCCO)[C@H](O)[C@H]1OOc1ccc2c(c1)[C@H]1Oc3cc4c(cc3[C@H]1CO2)OCO4. The van der Waals surface area contributed by atoms with Crippen LogP contribution in [0.15, 0.2) is 30.3 Å². The largest absolute Gasteiger partial charge is 0.492 e. The highest BCUT2D eigenvalue weighted by Gasteiger charge is 2.49. The summed E-state index contributed by atoms with van der Waals surface area (Å²) in [5.74, 6) is 0.324. The van der Waals surface area contributed by atoms with Crippen molar-refractivity contribution in [2.75, 3.05) is 53.4 Å². The van der Waals surface area contributed by atoms with Crippen molar-refractivity contribution in [3.8, 4) is 28.7 Å². The maximum Gasteiger partial charge on any atom is 0.317 e. The minimum Gasteiger partial charge on any atom is -0.492 e. The first-order valence-corrected chi connectivity index (χ1v) is 15.9. The first-order valence-electron chi connectivity index (χ1n) is 15.9. The molecule has 0 bridgehead atoms. The van der Waals surface area contributed by atoms with Gasteiger partial charge in [0.2, 0.25) is 6.79 Å². The second-order valence-electron chi connectivity index (χ2n) is 11.9. The smallest absolute Gasteiger partial charge is 0.317 e. The number of carboxylic acids is 1. The number of nitrogens with one attached hydrogen (secondary N) is 1. The number of ether oxygens (including phenoxy) is 8. The van der Waals surface area contributed by atoms with Gasteiger partial charge in [0.25, 0.3) is 0 Å². The van der Waals surface area contributed by atoms with Gasteiger partial charge in [-0.1, -0.05) is 0 Å². The van der Waals surface area contributed by atoms with E-state index in [1.54, 1.807) is 25.2 Å². The maximum atomic E-state index is 12.0. The Morgan fingerprint density at radius 1 is 1.04 bits per heavy atom. The summed E-state index contributed by atoms with van der Waals surface area (Å²) in [6.45, 7) is 0.321. The molecule has 268 valence electrons. The van der Waals surface area contributed by atoms with Crippen molar-refractivity contribution < 1.29 is 72.6 Å². The van der Waals surface area contributed by atoms with Gasteiger partial charge in [-0.3, -0.25) is 9.59 Å². The van der Waals surface area contributed by atoms with E-state index >= 15 is 0 Å². The molecule has 0 amide bonds. The highest BCUT2D eigenvalue weighted by atomic mass is 17.2. The average molecular weight is 693 g/mol. The van der Waals surface area contributed by atoms with Gasteiger partial charge < -0.3 is 69.2 Å². The van der Waals surface area contributed by atoms with Gasteiger partial charge in [-0.25, -0.2) is 0 Å². The number of carbonyl (C=O) groups excluding carboxylic acids is 1. The van der Waals surface area contributed by atoms with E-state index in [2.05, 4.69) is 5.32 Å². The van der Waals surface area contributed by atoms with Crippen molar-refractivity contribution in [1.29, 1.82) is 0 Å². The third-order valence-electron chi connectivity index (χ3n) is 8.36. The molecule has 17 heteroatoms. The molecular weight excluding hydrogens is 652 g/mol. The zero-order valence-corrected chi connectivity index (χ0v) is 26.7. The zero-order valence-electron chi connectivity index (χ0n) is 26.7. The summed E-state index contributed by atoms with van der Waals surface area (Å²) < 4.78 is 46.4. The van der Waals surface area contributed by atoms with E-state index < -0.39 is 61.7 Å². The fourth-order valence-electron chi connectivity index (χ4n) is 6.04. The standard InChI is InChI=1S/C32H40N2O15/c1-34-11-16(33)12-43-32-31(28(39)30(40-6-2-5-35)25(47-32)14-42-27(38)10-26(36)37)49-48-17-3-4-21-19(7-17)29-20(13-41-21)18-8-23-24(45-15-44-23)9-22(18)46-29/h3-4,7-9,16,20,25,28-32,34-35,39H,2,5-6,10-15,33H2,1H3,(H,36,37)/t16-,20+,25+,28-,29+,30+,31+,32+/m0/s1. The van der Waals surface area contributed by atoms with Gasteiger partial charge in [-0.2, -0.15) is 4.89 Å². The van der Waals surface area contributed by atoms with Crippen LogP contribution in [0.25, 0.3) is 0 Å². The molecule has 1 saturated heterocycles. The number of aliphatic carboxylic acids is 1. The summed E-state index contributed by atoms with van der Waals surface area (Å²) in [4.78, 5) is 34.5. The number of aliphatic hydroxyl groups is 2. The lowest BCUT2D eigenvalue weighted by Crippen LogP contribution is -2.62. The van der Waals surface area contributed by atoms with E-state index in [9.17, 15) is 19.8 Å². The maximum absolute atomic E-state index is 12.0. The van der Waals surface area contributed by atoms with Gasteiger partial charge in [0.05, 0.1) is 19.1 Å². The predicted molar refractivity (Wildman–Crippen MR) is 163 cm³/mol. The average Bonchev–Trinajstić information content (AvgIpc) is 3.69. The second kappa shape index (κ2) is 15.7. The first-order chi connectivity index (χ1) is 23.7. The van der Waals surface area contributed by atoms with Crippen molar-refractivity contribution >= 4 is 11.9 Å². The number of nitrogens with two attached hydrogens (primary N) is 1. The fourth-order valence-corrected chi connectivity index (χ4v) is 6.04. The third kappa shape index (κ3) is 7.94. The van der Waals surface area contributed by atoms with Crippen LogP contribution in [-0.4, -0.2) is 117 Å². The Kier molecular flexibility index (Phi) is 11.2. The lowest BCUT2D eigenvalue weighted by atomic mass is 9.89. The molecule has 17 nitrogen and oxygen atoms in total. The summed E-state index contributed by atoms with van der Waals surface area (Å²) in [6, 6.07) is 8.34. The summed E-state index contributed by atoms with van der Waals surface area (Å²) in [5, 5.41) is 32.7. The molecule has 4 aliphatic rings. The van der Waals surface area contributed by atoms with E-state index in [0.29, 0.717) is 36.1 Å². The molecule has 2 aromatic carbocycles. The number of hydrogen-bond donors (Lipinski definition) is 5. The minimum atomic E-state index is -1.47. The quantitative estimate of drug-likeness (QED) is 0.0518. The highest BCUT2D eigenvalue weighted by Crippen LogP contribution is 2.54. The van der Waals surface area contributed by atoms with Crippen molar-refractivity contribution in [2.45, 2.75) is 61.6 Å². The van der Waals surface area contributed by atoms with Crippen molar-refractivity contribution in [2.24, 2.45) is 5.73 Å². The molecular formula is C32H40N2O15. The number of hydrogen-bond acceptors (Lipinski definition) is 16. The van der Waals surface area contributed by atoms with Crippen LogP contribution in [0.3, 0.4) is 0 Å². The molecule has 6 N–H and O–H groups in total. The molecule has 4 heterocycles. The van der Waals surface area contributed by atoms with Crippen LogP contribution in [0.5, 0.6) is 28.7 Å². The number of carboxylic acid groups (broad SMARTS) is 1. The van der Waals surface area contributed by atoms with Crippen molar-refractivity contribution in [1.82, 2.24) is 5.32 Å². The number of carbonyl (C=O) groups is 2. The topological polar surface area (TPSA) is 225 Å². The normalized spacial score (nSPS) is 26.8. The van der Waals surface area contributed by atoms with Crippen molar-refractivity contribution in [3.05, 3.63) is 41.5 Å². The van der Waals surface area contributed by atoms with E-state index in [1.165, 1.54) is 0 Å². The van der Waals surface area contributed by atoms with Crippen molar-refractivity contribution in [3.63, 3.8) is 0 Å². The van der Waals surface area contributed by atoms with Gasteiger partial charge in [-0.05, 0) is 37.7 Å². The predicted octanol–water partition coefficient (Wildman–Crippen LogP) is 0.139. The summed E-state index contributed by atoms with van der Waals surface area (Å²) in [6.07, 6.45) is -7.32.